The van der Waals surface area contributed by atoms with Crippen molar-refractivity contribution in [2.75, 3.05) is 7.11 Å². The fourth-order valence-electron chi connectivity index (χ4n) is 2.91. The normalized spacial score (nSPS) is 10.8. The van der Waals surface area contributed by atoms with Gasteiger partial charge in [-0.3, -0.25) is 9.59 Å². The standard InChI is InChI=1S/C21H18N4O3S/c1-13-6-3-4-9-17(13)20-24-25-18(26)11-15(23-21(25)29-20)12-22-19(27)14-7-5-8-16(10-14)28-2/h3-11H,12H2,1-2H3,(H,22,27). The first-order valence-corrected chi connectivity index (χ1v) is 9.75. The number of methoxy groups -OCH3 is 1. The van der Waals surface area contributed by atoms with Crippen molar-refractivity contribution in [1.29, 1.82) is 0 Å². The number of amides is 1. The quantitative estimate of drug-likeness (QED) is 0.551. The molecule has 0 aliphatic carbocycles. The van der Waals surface area contributed by atoms with Crippen molar-refractivity contribution in [3.63, 3.8) is 0 Å². The number of fused-ring (bicyclic) bond motifs is 1. The van der Waals surface area contributed by atoms with Gasteiger partial charge in [-0.2, -0.15) is 9.61 Å². The van der Waals surface area contributed by atoms with Gasteiger partial charge < -0.3 is 10.1 Å². The molecule has 0 fully saturated rings. The fraction of sp³-hybridized carbons (Fsp3) is 0.143. The van der Waals surface area contributed by atoms with Crippen LogP contribution in [-0.2, 0) is 6.54 Å². The topological polar surface area (TPSA) is 85.6 Å². The molecule has 0 saturated heterocycles. The Bertz CT molecular complexity index is 1260. The maximum atomic E-state index is 12.5. The Hall–Kier alpha value is -3.52. The largest absolute Gasteiger partial charge is 0.497 e. The Morgan fingerprint density at radius 2 is 2.00 bits per heavy atom. The van der Waals surface area contributed by atoms with Gasteiger partial charge >= 0.3 is 0 Å². The number of nitrogens with zero attached hydrogens (tertiary/aromatic N) is 3. The summed E-state index contributed by atoms with van der Waals surface area (Å²) in [7, 11) is 1.55. The predicted molar refractivity (Wildman–Crippen MR) is 111 cm³/mol. The molecule has 0 bridgehead atoms. The highest BCUT2D eigenvalue weighted by molar-refractivity contribution is 7.19. The SMILES string of the molecule is COc1cccc(C(=O)NCc2cc(=O)n3nc(-c4ccccc4C)sc3n2)c1. The number of ether oxygens (including phenoxy) is 1. The molecule has 29 heavy (non-hydrogen) atoms. The van der Waals surface area contributed by atoms with Crippen LogP contribution in [0, 0.1) is 6.92 Å². The van der Waals surface area contributed by atoms with Gasteiger partial charge in [0, 0.05) is 17.2 Å². The van der Waals surface area contributed by atoms with E-state index in [0.29, 0.717) is 22.0 Å². The summed E-state index contributed by atoms with van der Waals surface area (Å²) in [6.45, 7) is 2.14. The van der Waals surface area contributed by atoms with Crippen LogP contribution in [0.15, 0.2) is 59.4 Å². The molecule has 0 radical (unpaired) electrons. The maximum absolute atomic E-state index is 12.5. The molecule has 1 N–H and O–H groups in total. The predicted octanol–water partition coefficient (Wildman–Crippen LogP) is 3.07. The molecule has 0 aliphatic heterocycles. The molecule has 2 heterocycles. The van der Waals surface area contributed by atoms with Crippen molar-refractivity contribution < 1.29 is 9.53 Å². The third kappa shape index (κ3) is 3.88. The van der Waals surface area contributed by atoms with Crippen molar-refractivity contribution in [2.45, 2.75) is 13.5 Å². The van der Waals surface area contributed by atoms with E-state index in [-0.39, 0.29) is 18.0 Å². The second kappa shape index (κ2) is 7.84. The third-order valence-electron chi connectivity index (χ3n) is 4.44. The summed E-state index contributed by atoms with van der Waals surface area (Å²) in [5.74, 6) is 0.333. The lowest BCUT2D eigenvalue weighted by atomic mass is 10.1. The minimum Gasteiger partial charge on any atom is -0.497 e. The number of aromatic nitrogens is 3. The van der Waals surface area contributed by atoms with Crippen LogP contribution in [0.2, 0.25) is 0 Å². The van der Waals surface area contributed by atoms with Gasteiger partial charge in [0.25, 0.3) is 11.5 Å². The Labute approximate surface area is 170 Å². The first-order valence-electron chi connectivity index (χ1n) is 8.93. The van der Waals surface area contributed by atoms with Crippen molar-refractivity contribution >= 4 is 22.2 Å². The van der Waals surface area contributed by atoms with Gasteiger partial charge in [-0.15, -0.1) is 0 Å². The number of hydrogen-bond acceptors (Lipinski definition) is 6. The molecule has 0 aliphatic rings. The smallest absolute Gasteiger partial charge is 0.275 e. The van der Waals surface area contributed by atoms with Crippen LogP contribution in [-0.4, -0.2) is 27.6 Å². The van der Waals surface area contributed by atoms with E-state index in [0.717, 1.165) is 16.1 Å². The van der Waals surface area contributed by atoms with E-state index in [1.165, 1.54) is 21.9 Å². The van der Waals surface area contributed by atoms with Gasteiger partial charge in [0.2, 0.25) is 4.96 Å². The lowest BCUT2D eigenvalue weighted by Gasteiger charge is -2.06. The van der Waals surface area contributed by atoms with Crippen LogP contribution in [0.5, 0.6) is 5.75 Å². The number of carbonyl (C=O) groups is 1. The monoisotopic (exact) mass is 406 g/mol. The van der Waals surface area contributed by atoms with Crippen LogP contribution in [0.1, 0.15) is 21.6 Å². The number of hydrogen-bond donors (Lipinski definition) is 1. The molecule has 0 atom stereocenters. The van der Waals surface area contributed by atoms with E-state index in [9.17, 15) is 9.59 Å². The minimum atomic E-state index is -0.281. The van der Waals surface area contributed by atoms with Crippen LogP contribution in [0.4, 0.5) is 0 Å². The molecule has 2 aromatic carbocycles. The Morgan fingerprint density at radius 1 is 1.17 bits per heavy atom. The first kappa shape index (κ1) is 18.8. The Morgan fingerprint density at radius 3 is 2.79 bits per heavy atom. The second-order valence-electron chi connectivity index (χ2n) is 6.42. The van der Waals surface area contributed by atoms with Crippen molar-refractivity contribution in [2.24, 2.45) is 0 Å². The molecule has 4 aromatic rings. The third-order valence-corrected chi connectivity index (χ3v) is 5.38. The molecule has 0 spiro atoms. The summed E-state index contributed by atoms with van der Waals surface area (Å²) in [5, 5.41) is 7.92. The number of benzene rings is 2. The highest BCUT2D eigenvalue weighted by Gasteiger charge is 2.13. The fourth-order valence-corrected chi connectivity index (χ4v) is 3.92. The minimum absolute atomic E-state index is 0.138. The maximum Gasteiger partial charge on any atom is 0.275 e. The van der Waals surface area contributed by atoms with E-state index in [2.05, 4.69) is 15.4 Å². The van der Waals surface area contributed by atoms with Crippen LogP contribution in [0.25, 0.3) is 15.5 Å². The molecule has 8 heteroatoms. The average molecular weight is 406 g/mol. The van der Waals surface area contributed by atoms with Crippen molar-refractivity contribution in [1.82, 2.24) is 19.9 Å². The zero-order valence-electron chi connectivity index (χ0n) is 15.9. The van der Waals surface area contributed by atoms with Gasteiger partial charge in [0.15, 0.2) is 0 Å². The summed E-state index contributed by atoms with van der Waals surface area (Å²) >= 11 is 1.34. The summed E-state index contributed by atoms with van der Waals surface area (Å²) in [6, 6.07) is 16.1. The molecule has 1 amide bonds. The number of rotatable bonds is 5. The van der Waals surface area contributed by atoms with E-state index in [4.69, 9.17) is 4.74 Å². The van der Waals surface area contributed by atoms with E-state index < -0.39 is 0 Å². The molecule has 7 nitrogen and oxygen atoms in total. The summed E-state index contributed by atoms with van der Waals surface area (Å²) in [6.07, 6.45) is 0. The summed E-state index contributed by atoms with van der Waals surface area (Å²) in [4.78, 5) is 29.8. The van der Waals surface area contributed by atoms with Crippen molar-refractivity contribution in [3.8, 4) is 16.3 Å². The number of carbonyl (C=O) groups excluding carboxylic acids is 1. The molecule has 0 unspecified atom stereocenters. The van der Waals surface area contributed by atoms with Gasteiger partial charge in [-0.1, -0.05) is 41.7 Å². The van der Waals surface area contributed by atoms with Crippen LogP contribution >= 0.6 is 11.3 Å². The van der Waals surface area contributed by atoms with Gasteiger partial charge in [0.05, 0.1) is 19.3 Å². The highest BCUT2D eigenvalue weighted by atomic mass is 32.1. The first-order chi connectivity index (χ1) is 14.0. The molecule has 146 valence electrons. The zero-order chi connectivity index (χ0) is 20.4. The summed E-state index contributed by atoms with van der Waals surface area (Å²) in [5.41, 5.74) is 2.71. The summed E-state index contributed by atoms with van der Waals surface area (Å²) < 4.78 is 6.43. The van der Waals surface area contributed by atoms with Crippen LogP contribution in [0.3, 0.4) is 0 Å². The lowest BCUT2D eigenvalue weighted by Crippen LogP contribution is -2.25. The van der Waals surface area contributed by atoms with Crippen molar-refractivity contribution in [3.05, 3.63) is 81.8 Å². The Kier molecular flexibility index (Phi) is 5.09. The molecule has 0 saturated carbocycles. The zero-order valence-corrected chi connectivity index (χ0v) is 16.7. The number of aryl methyl sites for hydroxylation is 1. The highest BCUT2D eigenvalue weighted by Crippen LogP contribution is 2.26. The Balaban J connectivity index is 1.58. The van der Waals surface area contributed by atoms with Gasteiger partial charge in [0.1, 0.15) is 10.8 Å². The van der Waals surface area contributed by atoms with Gasteiger partial charge in [-0.25, -0.2) is 4.98 Å². The van der Waals surface area contributed by atoms with E-state index >= 15 is 0 Å². The molecule has 2 aromatic heterocycles. The van der Waals surface area contributed by atoms with E-state index in [1.54, 1.807) is 31.4 Å². The second-order valence-corrected chi connectivity index (χ2v) is 7.37. The molecular formula is C21H18N4O3S. The lowest BCUT2D eigenvalue weighted by molar-refractivity contribution is 0.0950. The average Bonchev–Trinajstić information content (AvgIpc) is 3.17. The van der Waals surface area contributed by atoms with Gasteiger partial charge in [-0.05, 0) is 30.7 Å². The number of nitrogens with one attached hydrogen (secondary N) is 1. The van der Waals surface area contributed by atoms with E-state index in [1.807, 2.05) is 31.2 Å². The molecular weight excluding hydrogens is 388 g/mol. The van der Waals surface area contributed by atoms with Crippen LogP contribution < -0.4 is 15.6 Å². The molecule has 4 rings (SSSR count).